The van der Waals surface area contributed by atoms with Crippen LogP contribution >= 0.6 is 0 Å². The van der Waals surface area contributed by atoms with Crippen LogP contribution in [-0.2, 0) is 4.79 Å². The van der Waals surface area contributed by atoms with Crippen molar-refractivity contribution in [2.45, 2.75) is 31.7 Å². The predicted octanol–water partition coefficient (Wildman–Crippen LogP) is 1.26. The standard InChI is InChI=1S/C9H16NO/c1-2-5-9(8-11)10-6-3-4-7-10/h8-9H,1-7H2. The Kier molecular flexibility index (Phi) is 3.57. The Bertz CT molecular complexity index is 119. The largest absolute Gasteiger partial charge is 0.302 e. The molecule has 1 rings (SSSR count). The summed E-state index contributed by atoms with van der Waals surface area (Å²) in [7, 11) is 0. The number of aldehydes is 1. The number of carbonyl (C=O) groups excluding carboxylic acids is 1. The molecule has 0 spiro atoms. The van der Waals surface area contributed by atoms with Gasteiger partial charge in [0.25, 0.3) is 0 Å². The van der Waals surface area contributed by atoms with Crippen LogP contribution in [0.15, 0.2) is 0 Å². The minimum absolute atomic E-state index is 0.148. The van der Waals surface area contributed by atoms with Crippen LogP contribution in [0.2, 0.25) is 0 Å². The molecule has 63 valence electrons. The summed E-state index contributed by atoms with van der Waals surface area (Å²) in [6, 6.07) is 0.148. The third-order valence-electron chi connectivity index (χ3n) is 2.27. The number of hydrogen-bond donors (Lipinski definition) is 0. The third kappa shape index (κ3) is 2.29. The van der Waals surface area contributed by atoms with Crippen molar-refractivity contribution in [3.05, 3.63) is 6.92 Å². The molecule has 0 aromatic heterocycles. The van der Waals surface area contributed by atoms with Crippen LogP contribution in [0.5, 0.6) is 0 Å². The van der Waals surface area contributed by atoms with Crippen LogP contribution < -0.4 is 0 Å². The predicted molar refractivity (Wildman–Crippen MR) is 45.3 cm³/mol. The van der Waals surface area contributed by atoms with Crippen LogP contribution in [0, 0.1) is 6.92 Å². The lowest BCUT2D eigenvalue weighted by Crippen LogP contribution is -2.33. The lowest BCUT2D eigenvalue weighted by Gasteiger charge is -2.21. The number of rotatable bonds is 4. The first kappa shape index (κ1) is 8.72. The van der Waals surface area contributed by atoms with E-state index in [0.29, 0.717) is 0 Å². The van der Waals surface area contributed by atoms with Crippen molar-refractivity contribution in [2.24, 2.45) is 0 Å². The highest BCUT2D eigenvalue weighted by Crippen LogP contribution is 2.13. The normalized spacial score (nSPS) is 21.9. The van der Waals surface area contributed by atoms with E-state index in [2.05, 4.69) is 11.8 Å². The van der Waals surface area contributed by atoms with Crippen molar-refractivity contribution >= 4 is 6.29 Å². The van der Waals surface area contributed by atoms with Crippen molar-refractivity contribution in [3.63, 3.8) is 0 Å². The van der Waals surface area contributed by atoms with Crippen molar-refractivity contribution in [2.75, 3.05) is 13.1 Å². The molecule has 1 aliphatic rings. The molecule has 2 heteroatoms. The molecule has 0 amide bonds. The maximum atomic E-state index is 10.6. The third-order valence-corrected chi connectivity index (χ3v) is 2.27. The average molecular weight is 154 g/mol. The monoisotopic (exact) mass is 154 g/mol. The molecule has 0 bridgehead atoms. The Morgan fingerprint density at radius 1 is 1.45 bits per heavy atom. The van der Waals surface area contributed by atoms with Gasteiger partial charge in [0.15, 0.2) is 0 Å². The highest BCUT2D eigenvalue weighted by Gasteiger charge is 2.19. The highest BCUT2D eigenvalue weighted by molar-refractivity contribution is 5.57. The Morgan fingerprint density at radius 2 is 2.09 bits per heavy atom. The van der Waals surface area contributed by atoms with E-state index in [9.17, 15) is 4.79 Å². The summed E-state index contributed by atoms with van der Waals surface area (Å²) in [5.41, 5.74) is 0. The van der Waals surface area contributed by atoms with Crippen molar-refractivity contribution < 1.29 is 4.79 Å². The van der Waals surface area contributed by atoms with E-state index in [1.54, 1.807) is 0 Å². The zero-order valence-corrected chi connectivity index (χ0v) is 6.96. The minimum atomic E-state index is 0.148. The lowest BCUT2D eigenvalue weighted by molar-refractivity contribution is -0.112. The van der Waals surface area contributed by atoms with Crippen LogP contribution in [0.3, 0.4) is 0 Å². The van der Waals surface area contributed by atoms with Crippen molar-refractivity contribution in [1.82, 2.24) is 4.90 Å². The van der Waals surface area contributed by atoms with Crippen LogP contribution in [0.1, 0.15) is 25.7 Å². The van der Waals surface area contributed by atoms with Gasteiger partial charge < -0.3 is 4.79 Å². The molecule has 0 saturated carbocycles. The Labute approximate surface area is 68.6 Å². The first-order chi connectivity index (χ1) is 5.38. The maximum Gasteiger partial charge on any atom is 0.137 e. The van der Waals surface area contributed by atoms with Gasteiger partial charge in [0.05, 0.1) is 6.04 Å². The highest BCUT2D eigenvalue weighted by atomic mass is 16.1. The molecule has 0 aliphatic carbocycles. The van der Waals surface area contributed by atoms with Gasteiger partial charge in [0.1, 0.15) is 6.29 Å². The van der Waals surface area contributed by atoms with Gasteiger partial charge >= 0.3 is 0 Å². The smallest absolute Gasteiger partial charge is 0.137 e. The Hall–Kier alpha value is -0.370. The average Bonchev–Trinajstić information content (AvgIpc) is 2.52. The molecule has 1 atom stereocenters. The van der Waals surface area contributed by atoms with E-state index in [0.717, 1.165) is 32.2 Å². The summed E-state index contributed by atoms with van der Waals surface area (Å²) < 4.78 is 0. The maximum absolute atomic E-state index is 10.6. The van der Waals surface area contributed by atoms with Gasteiger partial charge in [-0.15, -0.1) is 0 Å². The van der Waals surface area contributed by atoms with Gasteiger partial charge in [-0.1, -0.05) is 13.3 Å². The molecular weight excluding hydrogens is 138 g/mol. The van der Waals surface area contributed by atoms with E-state index in [-0.39, 0.29) is 6.04 Å². The molecule has 1 saturated heterocycles. The van der Waals surface area contributed by atoms with E-state index in [4.69, 9.17) is 0 Å². The number of carbonyl (C=O) groups is 1. The van der Waals surface area contributed by atoms with Gasteiger partial charge in [-0.2, -0.15) is 0 Å². The Balaban J connectivity index is 2.33. The van der Waals surface area contributed by atoms with E-state index < -0.39 is 0 Å². The fraction of sp³-hybridized carbons (Fsp3) is 0.778. The molecule has 1 radical (unpaired) electrons. The number of hydrogen-bond acceptors (Lipinski definition) is 2. The molecular formula is C9H16NO. The van der Waals surface area contributed by atoms with Crippen LogP contribution in [0.4, 0.5) is 0 Å². The van der Waals surface area contributed by atoms with Crippen LogP contribution in [0.25, 0.3) is 0 Å². The van der Waals surface area contributed by atoms with Crippen molar-refractivity contribution in [1.29, 1.82) is 0 Å². The fourth-order valence-corrected chi connectivity index (χ4v) is 1.62. The van der Waals surface area contributed by atoms with Gasteiger partial charge in [-0.3, -0.25) is 4.90 Å². The second-order valence-corrected chi connectivity index (χ2v) is 3.09. The molecule has 0 aromatic carbocycles. The minimum Gasteiger partial charge on any atom is -0.302 e. The SMILES string of the molecule is [CH2]CCC(C=O)N1CCCC1. The topological polar surface area (TPSA) is 20.3 Å². The molecule has 1 aliphatic heterocycles. The summed E-state index contributed by atoms with van der Waals surface area (Å²) >= 11 is 0. The summed E-state index contributed by atoms with van der Waals surface area (Å²) in [5.74, 6) is 0. The summed E-state index contributed by atoms with van der Waals surface area (Å²) in [5, 5.41) is 0. The molecule has 2 nitrogen and oxygen atoms in total. The second-order valence-electron chi connectivity index (χ2n) is 3.09. The van der Waals surface area contributed by atoms with Gasteiger partial charge in [-0.25, -0.2) is 0 Å². The fourth-order valence-electron chi connectivity index (χ4n) is 1.62. The van der Waals surface area contributed by atoms with Crippen LogP contribution in [-0.4, -0.2) is 30.3 Å². The second kappa shape index (κ2) is 4.50. The summed E-state index contributed by atoms with van der Waals surface area (Å²) in [6.45, 7) is 5.96. The lowest BCUT2D eigenvalue weighted by atomic mass is 10.2. The first-order valence-electron chi connectivity index (χ1n) is 4.37. The quantitative estimate of drug-likeness (QED) is 0.568. The van der Waals surface area contributed by atoms with E-state index in [1.807, 2.05) is 0 Å². The number of nitrogens with zero attached hydrogens (tertiary/aromatic N) is 1. The number of likely N-dealkylation sites (tertiary alicyclic amines) is 1. The first-order valence-corrected chi connectivity index (χ1v) is 4.37. The van der Waals surface area contributed by atoms with Crippen molar-refractivity contribution in [3.8, 4) is 0 Å². The molecule has 0 N–H and O–H groups in total. The van der Waals surface area contributed by atoms with Gasteiger partial charge in [-0.05, 0) is 32.4 Å². The van der Waals surface area contributed by atoms with Gasteiger partial charge in [0.2, 0.25) is 0 Å². The molecule has 1 fully saturated rings. The molecule has 1 unspecified atom stereocenters. The zero-order chi connectivity index (χ0) is 8.10. The summed E-state index contributed by atoms with van der Waals surface area (Å²) in [4.78, 5) is 12.9. The zero-order valence-electron chi connectivity index (χ0n) is 6.96. The van der Waals surface area contributed by atoms with E-state index in [1.165, 1.54) is 12.8 Å². The molecule has 0 aromatic rings. The van der Waals surface area contributed by atoms with E-state index >= 15 is 0 Å². The van der Waals surface area contributed by atoms with Gasteiger partial charge in [0, 0.05) is 0 Å². The Morgan fingerprint density at radius 3 is 2.55 bits per heavy atom. The molecule has 1 heterocycles. The molecule has 11 heavy (non-hydrogen) atoms. The summed E-state index contributed by atoms with van der Waals surface area (Å²) in [6.07, 6.45) is 5.35.